The van der Waals surface area contributed by atoms with Gasteiger partial charge in [-0.3, -0.25) is 11.3 Å². The summed E-state index contributed by atoms with van der Waals surface area (Å²) in [5.41, 5.74) is 5.06. The second-order valence-electron chi connectivity index (χ2n) is 4.28. The van der Waals surface area contributed by atoms with Gasteiger partial charge in [0.25, 0.3) is 0 Å². The summed E-state index contributed by atoms with van der Waals surface area (Å²) in [6.45, 7) is 4.66. The minimum Gasteiger partial charge on any atom is -0.494 e. The summed E-state index contributed by atoms with van der Waals surface area (Å²) in [6, 6.07) is 8.08. The van der Waals surface area contributed by atoms with Crippen LogP contribution in [0, 0.1) is 6.92 Å². The van der Waals surface area contributed by atoms with Gasteiger partial charge in [-0.15, -0.1) is 11.3 Å². The predicted octanol–water partition coefficient (Wildman–Crippen LogP) is 2.60. The van der Waals surface area contributed by atoms with E-state index >= 15 is 0 Å². The molecule has 1 unspecified atom stereocenters. The topological polar surface area (TPSA) is 60.2 Å². The summed E-state index contributed by atoms with van der Waals surface area (Å²) in [7, 11) is 0. The molecule has 1 aromatic heterocycles. The Labute approximate surface area is 117 Å². The van der Waals surface area contributed by atoms with E-state index in [-0.39, 0.29) is 6.04 Å². The van der Waals surface area contributed by atoms with Crippen LogP contribution in [0.15, 0.2) is 29.6 Å². The molecule has 0 bridgehead atoms. The van der Waals surface area contributed by atoms with Gasteiger partial charge in [-0.1, -0.05) is 12.1 Å². The average Bonchev–Trinajstić information content (AvgIpc) is 2.83. The number of hydrogen-bond donors (Lipinski definition) is 2. The molecule has 0 radical (unpaired) electrons. The molecule has 0 aliphatic rings. The molecule has 19 heavy (non-hydrogen) atoms. The summed E-state index contributed by atoms with van der Waals surface area (Å²) in [6.07, 6.45) is 0.787. The highest BCUT2D eigenvalue weighted by Gasteiger charge is 2.12. The molecule has 0 aliphatic heterocycles. The second-order valence-corrected chi connectivity index (χ2v) is 5.35. The van der Waals surface area contributed by atoms with E-state index in [2.05, 4.69) is 15.8 Å². The van der Waals surface area contributed by atoms with Crippen molar-refractivity contribution >= 4 is 11.3 Å². The molecule has 0 aliphatic carbocycles. The molecule has 0 saturated heterocycles. The third-order valence-electron chi connectivity index (χ3n) is 2.87. The number of ether oxygens (including phenoxy) is 1. The number of benzene rings is 1. The fourth-order valence-corrected chi connectivity index (χ4v) is 2.57. The zero-order valence-electron chi connectivity index (χ0n) is 11.2. The first-order valence-corrected chi connectivity index (χ1v) is 7.20. The summed E-state index contributed by atoms with van der Waals surface area (Å²) >= 11 is 1.66. The quantitative estimate of drug-likeness (QED) is 0.629. The molecule has 4 nitrogen and oxygen atoms in total. The average molecular weight is 277 g/mol. The first kappa shape index (κ1) is 14.0. The SMILES string of the molecule is CCOc1ccc(C(Cc2csc(C)n2)NN)cc1. The van der Waals surface area contributed by atoms with Crippen LogP contribution in [0.1, 0.15) is 29.2 Å². The van der Waals surface area contributed by atoms with Crippen LogP contribution in [-0.2, 0) is 6.42 Å². The van der Waals surface area contributed by atoms with E-state index in [0.29, 0.717) is 6.61 Å². The lowest BCUT2D eigenvalue weighted by atomic mass is 10.0. The van der Waals surface area contributed by atoms with Gasteiger partial charge >= 0.3 is 0 Å². The Morgan fingerprint density at radius 3 is 2.63 bits per heavy atom. The minimum atomic E-state index is 0.0668. The van der Waals surface area contributed by atoms with Crippen molar-refractivity contribution in [1.29, 1.82) is 0 Å². The third-order valence-corrected chi connectivity index (χ3v) is 3.70. The zero-order valence-corrected chi connectivity index (χ0v) is 12.0. The van der Waals surface area contributed by atoms with Crippen LogP contribution >= 0.6 is 11.3 Å². The maximum atomic E-state index is 5.65. The van der Waals surface area contributed by atoms with Crippen molar-refractivity contribution in [3.8, 4) is 5.75 Å². The number of nitrogens with zero attached hydrogens (tertiary/aromatic N) is 1. The van der Waals surface area contributed by atoms with E-state index in [0.717, 1.165) is 28.4 Å². The van der Waals surface area contributed by atoms with E-state index in [1.54, 1.807) is 11.3 Å². The lowest BCUT2D eigenvalue weighted by molar-refractivity contribution is 0.340. The summed E-state index contributed by atoms with van der Waals surface area (Å²) < 4.78 is 5.43. The molecule has 1 atom stereocenters. The van der Waals surface area contributed by atoms with Gasteiger partial charge in [-0.25, -0.2) is 4.98 Å². The molecule has 1 heterocycles. The molecule has 0 fully saturated rings. The molecular formula is C14H19N3OS. The van der Waals surface area contributed by atoms with Crippen molar-refractivity contribution in [3.63, 3.8) is 0 Å². The predicted molar refractivity (Wildman–Crippen MR) is 78.2 cm³/mol. The Bertz CT molecular complexity index is 510. The van der Waals surface area contributed by atoms with Crippen molar-refractivity contribution in [2.75, 3.05) is 6.61 Å². The normalized spacial score (nSPS) is 12.4. The van der Waals surface area contributed by atoms with Gasteiger partial charge in [0.15, 0.2) is 0 Å². The van der Waals surface area contributed by atoms with E-state index < -0.39 is 0 Å². The number of hydrazine groups is 1. The molecule has 0 saturated carbocycles. The second kappa shape index (κ2) is 6.65. The Balaban J connectivity index is 2.08. The van der Waals surface area contributed by atoms with E-state index in [9.17, 15) is 0 Å². The van der Waals surface area contributed by atoms with Crippen LogP contribution in [-0.4, -0.2) is 11.6 Å². The molecule has 0 amide bonds. The van der Waals surface area contributed by atoms with Gasteiger partial charge in [0, 0.05) is 11.8 Å². The van der Waals surface area contributed by atoms with Gasteiger partial charge in [0.05, 0.1) is 23.4 Å². The number of nitrogens with one attached hydrogen (secondary N) is 1. The lowest BCUT2D eigenvalue weighted by Gasteiger charge is -2.15. The van der Waals surface area contributed by atoms with Crippen LogP contribution in [0.4, 0.5) is 0 Å². The highest BCUT2D eigenvalue weighted by molar-refractivity contribution is 7.09. The molecule has 2 rings (SSSR count). The van der Waals surface area contributed by atoms with Crippen molar-refractivity contribution in [1.82, 2.24) is 10.4 Å². The van der Waals surface area contributed by atoms with Crippen LogP contribution in [0.2, 0.25) is 0 Å². The van der Waals surface area contributed by atoms with Crippen LogP contribution in [0.5, 0.6) is 5.75 Å². The highest BCUT2D eigenvalue weighted by Crippen LogP contribution is 2.21. The summed E-state index contributed by atoms with van der Waals surface area (Å²) in [5, 5.41) is 3.16. The Hall–Kier alpha value is -1.43. The van der Waals surface area contributed by atoms with Gasteiger partial charge in [-0.05, 0) is 31.5 Å². The third kappa shape index (κ3) is 3.76. The van der Waals surface area contributed by atoms with Crippen LogP contribution < -0.4 is 16.0 Å². The number of rotatable bonds is 6. The Morgan fingerprint density at radius 1 is 1.37 bits per heavy atom. The fraction of sp³-hybridized carbons (Fsp3) is 0.357. The first-order valence-electron chi connectivity index (χ1n) is 6.32. The molecule has 0 spiro atoms. The molecule has 2 aromatic rings. The zero-order chi connectivity index (χ0) is 13.7. The van der Waals surface area contributed by atoms with Crippen molar-refractivity contribution in [2.24, 2.45) is 5.84 Å². The summed E-state index contributed by atoms with van der Waals surface area (Å²) in [5.74, 6) is 6.53. The maximum absolute atomic E-state index is 5.65. The van der Waals surface area contributed by atoms with Crippen molar-refractivity contribution in [3.05, 3.63) is 45.9 Å². The number of thiazole rings is 1. The smallest absolute Gasteiger partial charge is 0.119 e. The number of nitrogens with two attached hydrogens (primary N) is 1. The fourth-order valence-electron chi connectivity index (χ4n) is 1.95. The minimum absolute atomic E-state index is 0.0668. The monoisotopic (exact) mass is 277 g/mol. The molecular weight excluding hydrogens is 258 g/mol. The van der Waals surface area contributed by atoms with Gasteiger partial charge in [0.2, 0.25) is 0 Å². The standard InChI is InChI=1S/C14H19N3OS/c1-3-18-13-6-4-11(5-7-13)14(17-15)8-12-9-19-10(2)16-12/h4-7,9,14,17H,3,8,15H2,1-2H3. The van der Waals surface area contributed by atoms with Crippen LogP contribution in [0.25, 0.3) is 0 Å². The van der Waals surface area contributed by atoms with Gasteiger partial charge < -0.3 is 4.74 Å². The molecule has 5 heteroatoms. The summed E-state index contributed by atoms with van der Waals surface area (Å²) in [4.78, 5) is 4.47. The van der Waals surface area contributed by atoms with Gasteiger partial charge in [0.1, 0.15) is 5.75 Å². The molecule has 3 N–H and O–H groups in total. The van der Waals surface area contributed by atoms with E-state index in [1.807, 2.05) is 38.1 Å². The molecule has 1 aromatic carbocycles. The molecule has 102 valence electrons. The lowest BCUT2D eigenvalue weighted by Crippen LogP contribution is -2.29. The van der Waals surface area contributed by atoms with Crippen molar-refractivity contribution in [2.45, 2.75) is 26.3 Å². The van der Waals surface area contributed by atoms with E-state index in [4.69, 9.17) is 10.6 Å². The maximum Gasteiger partial charge on any atom is 0.119 e. The number of hydrogen-bond acceptors (Lipinski definition) is 5. The van der Waals surface area contributed by atoms with Crippen LogP contribution in [0.3, 0.4) is 0 Å². The largest absolute Gasteiger partial charge is 0.494 e. The van der Waals surface area contributed by atoms with E-state index in [1.165, 1.54) is 0 Å². The Morgan fingerprint density at radius 2 is 2.11 bits per heavy atom. The van der Waals surface area contributed by atoms with Gasteiger partial charge in [-0.2, -0.15) is 0 Å². The number of aromatic nitrogens is 1. The number of aryl methyl sites for hydroxylation is 1. The Kier molecular flexibility index (Phi) is 4.90. The highest BCUT2D eigenvalue weighted by atomic mass is 32.1. The van der Waals surface area contributed by atoms with Crippen molar-refractivity contribution < 1.29 is 4.74 Å². The first-order chi connectivity index (χ1) is 9.22.